The second-order valence-electron chi connectivity index (χ2n) is 4.24. The van der Waals surface area contributed by atoms with Crippen molar-refractivity contribution in [3.05, 3.63) is 34.3 Å². The Morgan fingerprint density at radius 1 is 1.29 bits per heavy atom. The van der Waals surface area contributed by atoms with Crippen molar-refractivity contribution in [1.82, 2.24) is 5.32 Å². The molecule has 92 valence electrons. The highest BCUT2D eigenvalue weighted by molar-refractivity contribution is 9.10. The number of carbonyl (C=O) groups is 2. The molecule has 0 radical (unpaired) electrons. The van der Waals surface area contributed by atoms with Crippen molar-refractivity contribution in [1.29, 1.82) is 0 Å². The van der Waals surface area contributed by atoms with Crippen LogP contribution in [0.5, 0.6) is 0 Å². The third kappa shape index (κ3) is 3.56. The zero-order valence-corrected chi connectivity index (χ0v) is 11.2. The van der Waals surface area contributed by atoms with E-state index in [-0.39, 0.29) is 0 Å². The molecule has 0 unspecified atom stereocenters. The molecule has 0 saturated carbocycles. The molecule has 0 fully saturated rings. The molecule has 0 aliphatic rings. The monoisotopic (exact) mass is 299 g/mol. The molecule has 0 heterocycles. The Hall–Kier alpha value is -1.36. The second-order valence-corrected chi connectivity index (χ2v) is 5.15. The maximum absolute atomic E-state index is 11.6. The van der Waals surface area contributed by atoms with E-state index in [0.717, 1.165) is 10.0 Å². The van der Waals surface area contributed by atoms with Gasteiger partial charge in [0.15, 0.2) is 0 Å². The van der Waals surface area contributed by atoms with Gasteiger partial charge in [-0.05, 0) is 31.5 Å². The number of hydrogen-bond donors (Lipinski definition) is 2. The van der Waals surface area contributed by atoms with E-state index < -0.39 is 17.3 Å². The van der Waals surface area contributed by atoms with Gasteiger partial charge in [-0.3, -0.25) is 9.59 Å². The number of benzene rings is 1. The highest BCUT2D eigenvalue weighted by Crippen LogP contribution is 2.16. The van der Waals surface area contributed by atoms with Crippen molar-refractivity contribution in [2.45, 2.75) is 20.4 Å². The van der Waals surface area contributed by atoms with Crippen molar-refractivity contribution in [2.24, 2.45) is 5.41 Å². The highest BCUT2D eigenvalue weighted by atomic mass is 79.9. The Morgan fingerprint density at radius 2 is 1.82 bits per heavy atom. The first kappa shape index (κ1) is 13.7. The minimum absolute atomic E-state index is 0.322. The summed E-state index contributed by atoms with van der Waals surface area (Å²) in [5, 5.41) is 11.5. The van der Waals surface area contributed by atoms with Crippen LogP contribution in [0.1, 0.15) is 19.4 Å². The maximum atomic E-state index is 11.6. The summed E-state index contributed by atoms with van der Waals surface area (Å²) in [6.45, 7) is 3.08. The van der Waals surface area contributed by atoms with Gasteiger partial charge in [-0.2, -0.15) is 0 Å². The van der Waals surface area contributed by atoms with Gasteiger partial charge in [0.2, 0.25) is 5.91 Å². The van der Waals surface area contributed by atoms with E-state index in [0.29, 0.717) is 6.54 Å². The minimum Gasteiger partial charge on any atom is -0.480 e. The fourth-order valence-electron chi connectivity index (χ4n) is 1.10. The van der Waals surface area contributed by atoms with Gasteiger partial charge in [0.25, 0.3) is 0 Å². The molecular formula is C12H14BrNO3. The molecule has 0 bridgehead atoms. The van der Waals surface area contributed by atoms with Crippen LogP contribution in [-0.4, -0.2) is 17.0 Å². The molecule has 2 N–H and O–H groups in total. The third-order valence-corrected chi connectivity index (χ3v) is 3.00. The molecule has 1 amide bonds. The van der Waals surface area contributed by atoms with Crippen LogP contribution in [0.2, 0.25) is 0 Å². The van der Waals surface area contributed by atoms with Crippen molar-refractivity contribution < 1.29 is 14.7 Å². The molecule has 1 aromatic carbocycles. The fourth-order valence-corrected chi connectivity index (χ4v) is 1.37. The summed E-state index contributed by atoms with van der Waals surface area (Å²) in [7, 11) is 0. The Bertz CT molecular complexity index is 426. The van der Waals surface area contributed by atoms with Gasteiger partial charge in [-0.15, -0.1) is 0 Å². The summed E-state index contributed by atoms with van der Waals surface area (Å²) >= 11 is 3.31. The second kappa shape index (κ2) is 5.31. The average Bonchev–Trinajstić information content (AvgIpc) is 2.27. The molecule has 1 rings (SSSR count). The lowest BCUT2D eigenvalue weighted by atomic mass is 9.92. The zero-order chi connectivity index (χ0) is 13.1. The molecule has 0 aromatic heterocycles. The predicted molar refractivity (Wildman–Crippen MR) is 67.4 cm³/mol. The summed E-state index contributed by atoms with van der Waals surface area (Å²) in [5.41, 5.74) is -0.488. The van der Waals surface area contributed by atoms with Gasteiger partial charge < -0.3 is 10.4 Å². The Morgan fingerprint density at radius 3 is 2.29 bits per heavy atom. The van der Waals surface area contributed by atoms with Crippen LogP contribution >= 0.6 is 15.9 Å². The summed E-state index contributed by atoms with van der Waals surface area (Å²) in [5.74, 6) is -1.63. The van der Waals surface area contributed by atoms with E-state index in [2.05, 4.69) is 21.2 Å². The molecule has 0 aliphatic heterocycles. The molecule has 0 saturated heterocycles. The number of amides is 1. The van der Waals surface area contributed by atoms with Crippen LogP contribution in [0.4, 0.5) is 0 Å². The number of carboxylic acid groups (broad SMARTS) is 1. The van der Waals surface area contributed by atoms with Gasteiger partial charge in [0.1, 0.15) is 5.41 Å². The van der Waals surface area contributed by atoms with E-state index in [1.165, 1.54) is 13.8 Å². The van der Waals surface area contributed by atoms with Crippen LogP contribution in [0.25, 0.3) is 0 Å². The summed E-state index contributed by atoms with van der Waals surface area (Å²) in [6, 6.07) is 7.45. The van der Waals surface area contributed by atoms with E-state index in [9.17, 15) is 9.59 Å². The van der Waals surface area contributed by atoms with Gasteiger partial charge in [-0.1, -0.05) is 28.1 Å². The number of hydrogen-bond acceptors (Lipinski definition) is 2. The van der Waals surface area contributed by atoms with E-state index in [4.69, 9.17) is 5.11 Å². The molecule has 4 nitrogen and oxygen atoms in total. The van der Waals surface area contributed by atoms with Gasteiger partial charge in [-0.25, -0.2) is 0 Å². The van der Waals surface area contributed by atoms with Crippen molar-refractivity contribution >= 4 is 27.8 Å². The number of nitrogens with one attached hydrogen (secondary N) is 1. The van der Waals surface area contributed by atoms with Crippen molar-refractivity contribution in [3.8, 4) is 0 Å². The number of halogens is 1. The zero-order valence-electron chi connectivity index (χ0n) is 9.66. The molecule has 1 aromatic rings. The standard InChI is InChI=1S/C12H14BrNO3/c1-12(2,11(16)17)10(15)14-7-8-3-5-9(13)6-4-8/h3-6H,7H2,1-2H3,(H,14,15)(H,16,17). The quantitative estimate of drug-likeness (QED) is 0.838. The van der Waals surface area contributed by atoms with Crippen LogP contribution in [0.15, 0.2) is 28.7 Å². The van der Waals surface area contributed by atoms with Gasteiger partial charge in [0, 0.05) is 11.0 Å². The number of carbonyl (C=O) groups excluding carboxylic acids is 1. The largest absolute Gasteiger partial charge is 0.480 e. The molecule has 0 aliphatic carbocycles. The predicted octanol–water partition coefficient (Wildman–Crippen LogP) is 2.18. The molecule has 17 heavy (non-hydrogen) atoms. The van der Waals surface area contributed by atoms with Crippen LogP contribution in [-0.2, 0) is 16.1 Å². The molecule has 5 heteroatoms. The van der Waals surface area contributed by atoms with Crippen molar-refractivity contribution in [3.63, 3.8) is 0 Å². The van der Waals surface area contributed by atoms with Gasteiger partial charge in [0.05, 0.1) is 0 Å². The Labute approximate surface area is 108 Å². The summed E-state index contributed by atoms with van der Waals surface area (Å²) in [4.78, 5) is 22.5. The lowest BCUT2D eigenvalue weighted by Gasteiger charge is -2.18. The number of aliphatic carboxylic acids is 1. The topological polar surface area (TPSA) is 66.4 Å². The number of rotatable bonds is 4. The van der Waals surface area contributed by atoms with Crippen LogP contribution in [0.3, 0.4) is 0 Å². The highest BCUT2D eigenvalue weighted by Gasteiger charge is 2.35. The molecule has 0 atom stereocenters. The fraction of sp³-hybridized carbons (Fsp3) is 0.333. The Kier molecular flexibility index (Phi) is 4.28. The number of carboxylic acids is 1. The first-order valence-electron chi connectivity index (χ1n) is 5.10. The molecular weight excluding hydrogens is 286 g/mol. The smallest absolute Gasteiger partial charge is 0.318 e. The average molecular weight is 300 g/mol. The molecule has 0 spiro atoms. The van der Waals surface area contributed by atoms with Crippen molar-refractivity contribution in [2.75, 3.05) is 0 Å². The summed E-state index contributed by atoms with van der Waals surface area (Å²) < 4.78 is 0.957. The Balaban J connectivity index is 2.60. The minimum atomic E-state index is -1.41. The first-order valence-corrected chi connectivity index (χ1v) is 5.89. The normalized spacial score (nSPS) is 11.0. The third-order valence-electron chi connectivity index (χ3n) is 2.47. The SMILES string of the molecule is CC(C)(C(=O)O)C(=O)NCc1ccc(Br)cc1. The van der Waals surface area contributed by atoms with Crippen LogP contribution < -0.4 is 5.32 Å². The van der Waals surface area contributed by atoms with E-state index in [1.54, 1.807) is 0 Å². The summed E-state index contributed by atoms with van der Waals surface area (Å²) in [6.07, 6.45) is 0. The lowest BCUT2D eigenvalue weighted by Crippen LogP contribution is -2.41. The lowest BCUT2D eigenvalue weighted by molar-refractivity contribution is -0.153. The maximum Gasteiger partial charge on any atom is 0.318 e. The van der Waals surface area contributed by atoms with Gasteiger partial charge >= 0.3 is 5.97 Å². The van der Waals surface area contributed by atoms with E-state index >= 15 is 0 Å². The van der Waals surface area contributed by atoms with Crippen LogP contribution in [0, 0.1) is 5.41 Å². The van der Waals surface area contributed by atoms with E-state index in [1.807, 2.05) is 24.3 Å². The first-order chi connectivity index (χ1) is 7.84.